The molecule has 5 nitrogen and oxygen atoms in total. The number of nitrogens with zero attached hydrogens (tertiary/aromatic N) is 1. The number of anilines is 1. The molecule has 2 heterocycles. The van der Waals surface area contributed by atoms with Gasteiger partial charge in [-0.3, -0.25) is 0 Å². The monoisotopic (exact) mass is 246 g/mol. The zero-order valence-electron chi connectivity index (χ0n) is 10.1. The summed E-state index contributed by atoms with van der Waals surface area (Å²) in [6.07, 6.45) is 0. The van der Waals surface area contributed by atoms with Crippen LogP contribution in [-0.4, -0.2) is 28.8 Å². The first-order chi connectivity index (χ1) is 8.72. The number of carbonyl (C=O) groups excluding carboxylic acids is 1. The molecule has 0 atom stereocenters. The molecular weight excluding hydrogens is 232 g/mol. The molecule has 2 aromatic rings. The molecule has 0 fully saturated rings. The zero-order valence-corrected chi connectivity index (χ0v) is 10.1. The van der Waals surface area contributed by atoms with Crippen LogP contribution in [-0.2, 0) is 11.3 Å². The summed E-state index contributed by atoms with van der Waals surface area (Å²) < 4.78 is 7.13. The van der Waals surface area contributed by atoms with Crippen molar-refractivity contribution in [3.63, 3.8) is 0 Å². The van der Waals surface area contributed by atoms with Gasteiger partial charge in [0, 0.05) is 18.5 Å². The number of fused-ring (bicyclic) bond motifs is 3. The number of phenolic OH excluding ortho intramolecular Hbond substituents is 1. The summed E-state index contributed by atoms with van der Waals surface area (Å²) in [6, 6.07) is 5.06. The van der Waals surface area contributed by atoms with Crippen molar-refractivity contribution in [2.45, 2.75) is 13.5 Å². The van der Waals surface area contributed by atoms with Gasteiger partial charge in [-0.25, -0.2) is 4.79 Å². The highest BCUT2D eigenvalue weighted by Crippen LogP contribution is 2.35. The van der Waals surface area contributed by atoms with Gasteiger partial charge >= 0.3 is 5.97 Å². The van der Waals surface area contributed by atoms with Gasteiger partial charge < -0.3 is 19.7 Å². The van der Waals surface area contributed by atoms with Crippen molar-refractivity contribution in [1.29, 1.82) is 0 Å². The molecule has 0 spiro atoms. The fraction of sp³-hybridized carbons (Fsp3) is 0.308. The maximum atomic E-state index is 12.0. The predicted molar refractivity (Wildman–Crippen MR) is 68.0 cm³/mol. The fourth-order valence-corrected chi connectivity index (χ4v) is 2.45. The molecule has 1 aliphatic heterocycles. The van der Waals surface area contributed by atoms with Crippen molar-refractivity contribution >= 4 is 22.7 Å². The van der Waals surface area contributed by atoms with Gasteiger partial charge in [-0.2, -0.15) is 0 Å². The number of nitrogens with one attached hydrogen (secondary N) is 1. The van der Waals surface area contributed by atoms with E-state index in [9.17, 15) is 9.90 Å². The number of hydrogen-bond acceptors (Lipinski definition) is 4. The number of esters is 1. The molecule has 0 unspecified atom stereocenters. The molecule has 1 aromatic heterocycles. The van der Waals surface area contributed by atoms with Gasteiger partial charge in [-0.1, -0.05) is 0 Å². The minimum absolute atomic E-state index is 0.150. The summed E-state index contributed by atoms with van der Waals surface area (Å²) in [7, 11) is 0. The molecule has 0 bridgehead atoms. The van der Waals surface area contributed by atoms with Crippen molar-refractivity contribution in [2.24, 2.45) is 0 Å². The summed E-state index contributed by atoms with van der Waals surface area (Å²) in [5.41, 5.74) is 1.45. The van der Waals surface area contributed by atoms with Crippen molar-refractivity contribution in [2.75, 3.05) is 18.5 Å². The van der Waals surface area contributed by atoms with Crippen LogP contribution < -0.4 is 5.32 Å². The SMILES string of the molecule is CCOC(=O)c1c2n(c3ccc(O)cc13)CCN2. The lowest BCUT2D eigenvalue weighted by atomic mass is 10.1. The second kappa shape index (κ2) is 3.94. The third-order valence-corrected chi connectivity index (χ3v) is 3.15. The van der Waals surface area contributed by atoms with Crippen LogP contribution >= 0.6 is 0 Å². The minimum atomic E-state index is -0.351. The summed E-state index contributed by atoms with van der Waals surface area (Å²) >= 11 is 0. The van der Waals surface area contributed by atoms with Gasteiger partial charge in [-0.15, -0.1) is 0 Å². The third kappa shape index (κ3) is 1.44. The summed E-state index contributed by atoms with van der Waals surface area (Å²) in [6.45, 7) is 3.74. The standard InChI is InChI=1S/C13H14N2O3/c1-2-18-13(17)11-9-7-8(16)3-4-10(9)15-6-5-14-12(11)15/h3-4,7,14,16H,2,5-6H2,1H3. The van der Waals surface area contributed by atoms with Gasteiger partial charge in [-0.05, 0) is 25.1 Å². The molecule has 0 aliphatic carbocycles. The Morgan fingerprint density at radius 3 is 3.17 bits per heavy atom. The second-order valence-corrected chi connectivity index (χ2v) is 4.22. The van der Waals surface area contributed by atoms with E-state index in [1.807, 2.05) is 10.6 Å². The Balaban J connectivity index is 2.28. The van der Waals surface area contributed by atoms with Crippen molar-refractivity contribution in [1.82, 2.24) is 4.57 Å². The molecule has 0 radical (unpaired) electrons. The molecule has 5 heteroatoms. The van der Waals surface area contributed by atoms with Crippen LogP contribution in [0.3, 0.4) is 0 Å². The van der Waals surface area contributed by atoms with Crippen LogP contribution in [0.5, 0.6) is 5.75 Å². The predicted octanol–water partition coefficient (Wildman–Crippen LogP) is 1.95. The van der Waals surface area contributed by atoms with Crippen LogP contribution in [0.4, 0.5) is 5.82 Å². The van der Waals surface area contributed by atoms with Crippen LogP contribution in [0.1, 0.15) is 17.3 Å². The van der Waals surface area contributed by atoms with E-state index >= 15 is 0 Å². The van der Waals surface area contributed by atoms with Gasteiger partial charge in [0.05, 0.1) is 12.1 Å². The van der Waals surface area contributed by atoms with Crippen LogP contribution in [0.15, 0.2) is 18.2 Å². The summed E-state index contributed by atoms with van der Waals surface area (Å²) in [5.74, 6) is 0.586. The molecule has 0 amide bonds. The van der Waals surface area contributed by atoms with E-state index < -0.39 is 0 Å². The topological polar surface area (TPSA) is 63.5 Å². The number of aromatic hydroxyl groups is 1. The number of phenols is 1. The van der Waals surface area contributed by atoms with Crippen LogP contribution in [0, 0.1) is 0 Å². The van der Waals surface area contributed by atoms with Crippen LogP contribution in [0.25, 0.3) is 10.9 Å². The highest BCUT2D eigenvalue weighted by atomic mass is 16.5. The lowest BCUT2D eigenvalue weighted by Gasteiger charge is -2.03. The molecule has 3 rings (SSSR count). The Morgan fingerprint density at radius 1 is 1.56 bits per heavy atom. The maximum absolute atomic E-state index is 12.0. The minimum Gasteiger partial charge on any atom is -0.508 e. The van der Waals surface area contributed by atoms with Gasteiger partial charge in [0.2, 0.25) is 0 Å². The molecular formula is C13H14N2O3. The highest BCUT2D eigenvalue weighted by Gasteiger charge is 2.26. The quantitative estimate of drug-likeness (QED) is 0.795. The van der Waals surface area contributed by atoms with Gasteiger partial charge in [0.15, 0.2) is 0 Å². The van der Waals surface area contributed by atoms with Crippen molar-refractivity contribution in [3.8, 4) is 5.75 Å². The van der Waals surface area contributed by atoms with Gasteiger partial charge in [0.1, 0.15) is 17.1 Å². The average Bonchev–Trinajstić information content (AvgIpc) is 2.88. The van der Waals surface area contributed by atoms with E-state index in [1.54, 1.807) is 19.1 Å². The second-order valence-electron chi connectivity index (χ2n) is 4.22. The van der Waals surface area contributed by atoms with E-state index in [4.69, 9.17) is 4.74 Å². The van der Waals surface area contributed by atoms with E-state index in [1.165, 1.54) is 0 Å². The number of ether oxygens (including phenoxy) is 1. The Bertz CT molecular complexity index is 631. The first kappa shape index (κ1) is 11.0. The molecule has 2 N–H and O–H groups in total. The average molecular weight is 246 g/mol. The molecule has 1 aliphatic rings. The molecule has 1 aromatic carbocycles. The number of hydrogen-bond donors (Lipinski definition) is 2. The Morgan fingerprint density at radius 2 is 2.39 bits per heavy atom. The summed E-state index contributed by atoms with van der Waals surface area (Å²) in [5, 5.41) is 13.5. The maximum Gasteiger partial charge on any atom is 0.342 e. The number of rotatable bonds is 2. The normalized spacial score (nSPS) is 13.4. The summed E-state index contributed by atoms with van der Waals surface area (Å²) in [4.78, 5) is 12.0. The number of benzene rings is 1. The fourth-order valence-electron chi connectivity index (χ4n) is 2.45. The third-order valence-electron chi connectivity index (χ3n) is 3.15. The molecule has 0 saturated carbocycles. The zero-order chi connectivity index (χ0) is 12.7. The molecule has 94 valence electrons. The first-order valence-corrected chi connectivity index (χ1v) is 5.98. The highest BCUT2D eigenvalue weighted by molar-refractivity contribution is 6.10. The van der Waals surface area contributed by atoms with Crippen molar-refractivity contribution in [3.05, 3.63) is 23.8 Å². The van der Waals surface area contributed by atoms with Crippen molar-refractivity contribution < 1.29 is 14.6 Å². The Kier molecular flexibility index (Phi) is 2.40. The number of aromatic nitrogens is 1. The Hall–Kier alpha value is -2.17. The first-order valence-electron chi connectivity index (χ1n) is 5.98. The Labute approximate surface area is 104 Å². The molecule has 0 saturated heterocycles. The smallest absolute Gasteiger partial charge is 0.342 e. The van der Waals surface area contributed by atoms with E-state index in [2.05, 4.69) is 5.32 Å². The van der Waals surface area contributed by atoms with E-state index in [0.717, 1.165) is 29.8 Å². The largest absolute Gasteiger partial charge is 0.508 e. The van der Waals surface area contributed by atoms with E-state index in [-0.39, 0.29) is 11.7 Å². The van der Waals surface area contributed by atoms with Crippen LogP contribution in [0.2, 0.25) is 0 Å². The lowest BCUT2D eigenvalue weighted by Crippen LogP contribution is -2.07. The van der Waals surface area contributed by atoms with E-state index in [0.29, 0.717) is 12.2 Å². The molecule has 18 heavy (non-hydrogen) atoms. The van der Waals surface area contributed by atoms with Gasteiger partial charge in [0.25, 0.3) is 0 Å². The lowest BCUT2D eigenvalue weighted by molar-refractivity contribution is 0.0530. The number of carbonyl (C=O) groups is 1.